The number of thiol groups is 1. The molecule has 1 heterocycles. The molecule has 2 N–H and O–H groups in total. The van der Waals surface area contributed by atoms with Gasteiger partial charge in [-0.15, -0.1) is 0 Å². The fraction of sp³-hybridized carbons (Fsp3) is 0. The molecule has 9 heavy (non-hydrogen) atoms. The van der Waals surface area contributed by atoms with E-state index in [4.69, 9.17) is 5.73 Å². The predicted octanol–water partition coefficient (Wildman–Crippen LogP) is 0.280. The lowest BCUT2D eigenvalue weighted by Crippen LogP contribution is -2.13. The topological polar surface area (TPSA) is 48.0 Å². The van der Waals surface area contributed by atoms with Gasteiger partial charge in [0.25, 0.3) is 5.91 Å². The molecule has 0 bridgehead atoms. The summed E-state index contributed by atoms with van der Waals surface area (Å²) < 4.78 is 1.38. The summed E-state index contributed by atoms with van der Waals surface area (Å²) in [5, 5.41) is 0. The number of nitrogens with two attached hydrogens (primary N) is 1. The molecule has 0 saturated heterocycles. The molecule has 0 saturated carbocycles. The Kier molecular flexibility index (Phi) is 1.48. The zero-order valence-electron chi connectivity index (χ0n) is 4.61. The van der Waals surface area contributed by atoms with Gasteiger partial charge in [0.05, 0.1) is 0 Å². The highest BCUT2D eigenvalue weighted by Crippen LogP contribution is 2.00. The molecule has 3 nitrogen and oxygen atoms in total. The molecule has 0 fully saturated rings. The van der Waals surface area contributed by atoms with E-state index in [0.717, 1.165) is 0 Å². The van der Waals surface area contributed by atoms with Crippen LogP contribution in [0.4, 0.5) is 0 Å². The number of rotatable bonds is 1. The Morgan fingerprint density at radius 1 is 1.78 bits per heavy atom. The van der Waals surface area contributed by atoms with Crippen molar-refractivity contribution >= 4 is 18.7 Å². The van der Waals surface area contributed by atoms with Crippen molar-refractivity contribution in [3.63, 3.8) is 0 Å². The molecule has 0 aliphatic carbocycles. The lowest BCUT2D eigenvalue weighted by molar-refractivity contribution is 0.0995. The zero-order chi connectivity index (χ0) is 6.85. The average molecular weight is 142 g/mol. The van der Waals surface area contributed by atoms with Crippen molar-refractivity contribution in [1.29, 1.82) is 0 Å². The van der Waals surface area contributed by atoms with E-state index in [9.17, 15) is 4.79 Å². The summed E-state index contributed by atoms with van der Waals surface area (Å²) in [6.07, 6.45) is 1.64. The van der Waals surface area contributed by atoms with E-state index in [1.165, 1.54) is 3.97 Å². The van der Waals surface area contributed by atoms with Crippen molar-refractivity contribution in [3.8, 4) is 0 Å². The van der Waals surface area contributed by atoms with Crippen molar-refractivity contribution in [3.05, 3.63) is 24.0 Å². The van der Waals surface area contributed by atoms with Gasteiger partial charge >= 0.3 is 0 Å². The van der Waals surface area contributed by atoms with Crippen LogP contribution in [0.5, 0.6) is 0 Å². The number of amides is 1. The van der Waals surface area contributed by atoms with Crippen molar-refractivity contribution < 1.29 is 4.79 Å². The Bertz CT molecular complexity index is 231. The first kappa shape index (κ1) is 6.22. The second-order valence-electron chi connectivity index (χ2n) is 1.60. The molecule has 1 amide bonds. The Labute approximate surface area is 58.0 Å². The number of carbonyl (C=O) groups is 1. The van der Waals surface area contributed by atoms with Gasteiger partial charge in [0.1, 0.15) is 5.69 Å². The summed E-state index contributed by atoms with van der Waals surface area (Å²) in [6, 6.07) is 3.31. The number of hydrogen-bond donors (Lipinski definition) is 2. The van der Waals surface area contributed by atoms with E-state index in [-0.39, 0.29) is 0 Å². The van der Waals surface area contributed by atoms with E-state index in [0.29, 0.717) is 5.69 Å². The molecule has 1 aromatic heterocycles. The van der Waals surface area contributed by atoms with Gasteiger partial charge < -0.3 is 5.73 Å². The van der Waals surface area contributed by atoms with Crippen LogP contribution in [0, 0.1) is 0 Å². The van der Waals surface area contributed by atoms with Crippen molar-refractivity contribution in [2.24, 2.45) is 5.73 Å². The van der Waals surface area contributed by atoms with Crippen LogP contribution >= 0.6 is 12.8 Å². The molecule has 1 rings (SSSR count). The van der Waals surface area contributed by atoms with Crippen molar-refractivity contribution in [1.82, 2.24) is 3.97 Å². The first-order valence-electron chi connectivity index (χ1n) is 2.38. The first-order valence-corrected chi connectivity index (χ1v) is 2.78. The highest BCUT2D eigenvalue weighted by Gasteiger charge is 2.01. The number of hydrogen-bond acceptors (Lipinski definition) is 2. The minimum absolute atomic E-state index is 0.401. The average Bonchev–Trinajstić information content (AvgIpc) is 2.13. The van der Waals surface area contributed by atoms with Gasteiger partial charge in [0.15, 0.2) is 0 Å². The van der Waals surface area contributed by atoms with E-state index in [1.807, 2.05) is 0 Å². The Balaban J connectivity index is 3.08. The number of primary amides is 1. The molecule has 0 spiro atoms. The maximum Gasteiger partial charge on any atom is 0.266 e. The number of aromatic nitrogens is 1. The van der Waals surface area contributed by atoms with Crippen LogP contribution in [0.25, 0.3) is 0 Å². The summed E-state index contributed by atoms with van der Waals surface area (Å²) in [4.78, 5) is 10.4. The van der Waals surface area contributed by atoms with Gasteiger partial charge in [-0.1, -0.05) is 12.8 Å². The SMILES string of the molecule is NC(=O)c1cccn1S. The molecular weight excluding hydrogens is 136 g/mol. The Hall–Kier alpha value is -0.900. The second-order valence-corrected chi connectivity index (χ2v) is 2.03. The molecule has 0 aliphatic rings. The van der Waals surface area contributed by atoms with Crippen LogP contribution < -0.4 is 5.73 Å². The summed E-state index contributed by atoms with van der Waals surface area (Å²) >= 11 is 3.90. The number of nitrogens with zero attached hydrogens (tertiary/aromatic N) is 1. The molecule has 0 radical (unpaired) electrons. The fourth-order valence-electron chi connectivity index (χ4n) is 0.567. The van der Waals surface area contributed by atoms with Crippen molar-refractivity contribution in [2.75, 3.05) is 0 Å². The maximum absolute atomic E-state index is 10.4. The smallest absolute Gasteiger partial charge is 0.266 e. The molecule has 0 aromatic carbocycles. The van der Waals surface area contributed by atoms with Gasteiger partial charge in [-0.05, 0) is 12.1 Å². The van der Waals surface area contributed by atoms with Gasteiger partial charge in [0.2, 0.25) is 0 Å². The number of carbonyl (C=O) groups excluding carboxylic acids is 1. The van der Waals surface area contributed by atoms with E-state index in [2.05, 4.69) is 12.8 Å². The zero-order valence-corrected chi connectivity index (χ0v) is 5.51. The summed E-state index contributed by atoms with van der Waals surface area (Å²) in [5.41, 5.74) is 5.35. The Morgan fingerprint density at radius 2 is 2.44 bits per heavy atom. The van der Waals surface area contributed by atoms with Gasteiger partial charge in [-0.25, -0.2) is 0 Å². The largest absolute Gasteiger partial charge is 0.364 e. The quantitative estimate of drug-likeness (QED) is 0.543. The molecule has 0 unspecified atom stereocenters. The third kappa shape index (κ3) is 1.08. The second kappa shape index (κ2) is 2.14. The predicted molar refractivity (Wildman–Crippen MR) is 37.3 cm³/mol. The molecule has 1 aromatic rings. The Morgan fingerprint density at radius 3 is 2.67 bits per heavy atom. The van der Waals surface area contributed by atoms with Crippen LogP contribution in [0.3, 0.4) is 0 Å². The fourth-order valence-corrected chi connectivity index (χ4v) is 0.810. The standard InChI is InChI=1S/C5H6N2OS/c6-5(8)4-2-1-3-7(4)9/h1-3,9H,(H2,6,8). The van der Waals surface area contributed by atoms with Crippen LogP contribution in [-0.4, -0.2) is 9.88 Å². The molecule has 4 heteroatoms. The van der Waals surface area contributed by atoms with Crippen LogP contribution in [0.1, 0.15) is 10.5 Å². The van der Waals surface area contributed by atoms with Gasteiger partial charge in [-0.3, -0.25) is 8.77 Å². The summed E-state index contributed by atoms with van der Waals surface area (Å²) in [6.45, 7) is 0. The van der Waals surface area contributed by atoms with E-state index in [1.54, 1.807) is 18.3 Å². The summed E-state index contributed by atoms with van der Waals surface area (Å²) in [5.74, 6) is -0.463. The highest BCUT2D eigenvalue weighted by molar-refractivity contribution is 7.78. The summed E-state index contributed by atoms with van der Waals surface area (Å²) in [7, 11) is 0. The normalized spacial score (nSPS) is 9.44. The van der Waals surface area contributed by atoms with E-state index >= 15 is 0 Å². The molecule has 48 valence electrons. The van der Waals surface area contributed by atoms with Crippen LogP contribution in [0.2, 0.25) is 0 Å². The first-order chi connectivity index (χ1) is 4.22. The lowest BCUT2D eigenvalue weighted by Gasteiger charge is -1.92. The molecule has 0 aliphatic heterocycles. The molecular formula is C5H6N2OS. The van der Waals surface area contributed by atoms with E-state index < -0.39 is 5.91 Å². The monoisotopic (exact) mass is 142 g/mol. The van der Waals surface area contributed by atoms with Crippen LogP contribution in [0.15, 0.2) is 18.3 Å². The van der Waals surface area contributed by atoms with Crippen molar-refractivity contribution in [2.45, 2.75) is 0 Å². The third-order valence-corrected chi connectivity index (χ3v) is 1.33. The van der Waals surface area contributed by atoms with Gasteiger partial charge in [-0.2, -0.15) is 0 Å². The minimum Gasteiger partial charge on any atom is -0.364 e. The third-order valence-electron chi connectivity index (χ3n) is 0.981. The highest BCUT2D eigenvalue weighted by atomic mass is 32.1. The molecule has 0 atom stereocenters. The van der Waals surface area contributed by atoms with Crippen LogP contribution in [-0.2, 0) is 0 Å². The lowest BCUT2D eigenvalue weighted by atomic mass is 10.4. The van der Waals surface area contributed by atoms with Gasteiger partial charge in [0, 0.05) is 6.20 Å². The maximum atomic E-state index is 10.4. The minimum atomic E-state index is -0.463.